The van der Waals surface area contributed by atoms with Crippen LogP contribution < -0.4 is 5.32 Å². The number of hydrogen-bond acceptors (Lipinski definition) is 3. The van der Waals surface area contributed by atoms with E-state index in [9.17, 15) is 4.79 Å². The molecular formula is C21H26N4O. The average Bonchev–Trinajstić information content (AvgIpc) is 2.98. The average molecular weight is 350 g/mol. The van der Waals surface area contributed by atoms with E-state index in [1.165, 1.54) is 0 Å². The van der Waals surface area contributed by atoms with Gasteiger partial charge in [-0.05, 0) is 32.2 Å². The zero-order valence-electron chi connectivity index (χ0n) is 16.3. The largest absolute Gasteiger partial charge is 0.305 e. The third kappa shape index (κ3) is 3.47. The zero-order chi connectivity index (χ0) is 19.1. The normalized spacial score (nSPS) is 12.4. The lowest BCUT2D eigenvalue weighted by Crippen LogP contribution is -2.27. The van der Waals surface area contributed by atoms with E-state index in [-0.39, 0.29) is 16.9 Å². The van der Waals surface area contributed by atoms with Crippen LogP contribution in [0.3, 0.4) is 0 Å². The fourth-order valence-corrected chi connectivity index (χ4v) is 2.82. The summed E-state index contributed by atoms with van der Waals surface area (Å²) in [5.74, 6) is 0.454. The Labute approximate surface area is 154 Å². The van der Waals surface area contributed by atoms with E-state index in [0.717, 1.165) is 16.5 Å². The van der Waals surface area contributed by atoms with E-state index < -0.39 is 0 Å². The number of nitrogens with zero attached hydrogens (tertiary/aromatic N) is 3. The second kappa shape index (κ2) is 6.24. The van der Waals surface area contributed by atoms with Crippen LogP contribution in [0.5, 0.6) is 0 Å². The molecule has 5 nitrogen and oxygen atoms in total. The van der Waals surface area contributed by atoms with Crippen molar-refractivity contribution in [1.82, 2.24) is 14.8 Å². The van der Waals surface area contributed by atoms with Gasteiger partial charge < -0.3 is 5.32 Å². The Balaban J connectivity index is 2.02. The SMILES string of the molecule is CC(C)(C)c1cc(NC(=O)c2nccc3ccccc23)n(C(C)(C)C)n1. The number of pyridine rings is 1. The predicted molar refractivity (Wildman–Crippen MR) is 106 cm³/mol. The van der Waals surface area contributed by atoms with Crippen molar-refractivity contribution < 1.29 is 4.79 Å². The lowest BCUT2D eigenvalue weighted by molar-refractivity contribution is 0.102. The van der Waals surface area contributed by atoms with Crippen LogP contribution in [-0.2, 0) is 11.0 Å². The van der Waals surface area contributed by atoms with Crippen LogP contribution in [0.1, 0.15) is 57.7 Å². The van der Waals surface area contributed by atoms with E-state index in [4.69, 9.17) is 5.10 Å². The van der Waals surface area contributed by atoms with Crippen molar-refractivity contribution >= 4 is 22.5 Å². The molecule has 1 N–H and O–H groups in total. The Hall–Kier alpha value is -2.69. The summed E-state index contributed by atoms with van der Waals surface area (Å²) in [5.41, 5.74) is 1.00. The molecule has 0 radical (unpaired) electrons. The van der Waals surface area contributed by atoms with Crippen molar-refractivity contribution in [2.45, 2.75) is 52.5 Å². The molecule has 0 unspecified atom stereocenters. The molecule has 0 saturated carbocycles. The lowest BCUT2D eigenvalue weighted by atomic mass is 9.92. The molecule has 0 aliphatic heterocycles. The smallest absolute Gasteiger partial charge is 0.276 e. The van der Waals surface area contributed by atoms with Gasteiger partial charge in [0, 0.05) is 23.1 Å². The van der Waals surface area contributed by atoms with Crippen molar-refractivity contribution in [3.63, 3.8) is 0 Å². The third-order valence-corrected chi connectivity index (χ3v) is 4.24. The molecule has 5 heteroatoms. The minimum atomic E-state index is -0.252. The summed E-state index contributed by atoms with van der Waals surface area (Å²) in [6.07, 6.45) is 1.67. The number of amides is 1. The van der Waals surface area contributed by atoms with Gasteiger partial charge >= 0.3 is 0 Å². The van der Waals surface area contributed by atoms with E-state index >= 15 is 0 Å². The molecule has 0 saturated heterocycles. The molecule has 3 rings (SSSR count). The first-order valence-corrected chi connectivity index (χ1v) is 8.83. The number of benzene rings is 1. The standard InChI is InChI=1S/C21H26N4O/c1-20(2,3)16-13-17(25(24-16)21(4,5)6)23-19(26)18-15-10-8-7-9-14(15)11-12-22-18/h7-13H,1-6H3,(H,23,26). The maximum Gasteiger partial charge on any atom is 0.276 e. The maximum absolute atomic E-state index is 13.0. The summed E-state index contributed by atoms with van der Waals surface area (Å²) in [5, 5.41) is 9.59. The number of fused-ring (bicyclic) bond motifs is 1. The van der Waals surface area contributed by atoms with Crippen LogP contribution in [0.25, 0.3) is 10.8 Å². The minimum Gasteiger partial charge on any atom is -0.305 e. The Morgan fingerprint density at radius 2 is 1.73 bits per heavy atom. The molecule has 2 heterocycles. The summed E-state index contributed by atoms with van der Waals surface area (Å²) >= 11 is 0. The molecule has 0 aliphatic rings. The third-order valence-electron chi connectivity index (χ3n) is 4.24. The Morgan fingerprint density at radius 3 is 2.38 bits per heavy atom. The number of aromatic nitrogens is 3. The molecular weight excluding hydrogens is 324 g/mol. The molecule has 1 amide bonds. The van der Waals surface area contributed by atoms with E-state index in [2.05, 4.69) is 51.8 Å². The predicted octanol–water partition coefficient (Wildman–Crippen LogP) is 4.74. The van der Waals surface area contributed by atoms with Gasteiger partial charge in [0.25, 0.3) is 5.91 Å². The number of hydrogen-bond donors (Lipinski definition) is 1. The van der Waals surface area contributed by atoms with E-state index in [0.29, 0.717) is 11.5 Å². The number of carbonyl (C=O) groups excluding carboxylic acids is 1. The first-order valence-electron chi connectivity index (χ1n) is 8.83. The number of carbonyl (C=O) groups is 1. The number of anilines is 1. The molecule has 0 aliphatic carbocycles. The summed E-state index contributed by atoms with van der Waals surface area (Å²) in [4.78, 5) is 17.3. The van der Waals surface area contributed by atoms with Crippen LogP contribution in [0.15, 0.2) is 42.6 Å². The Kier molecular flexibility index (Phi) is 4.34. The van der Waals surface area contributed by atoms with Gasteiger partial charge in [0.1, 0.15) is 11.5 Å². The van der Waals surface area contributed by atoms with Gasteiger partial charge in [0.15, 0.2) is 0 Å². The maximum atomic E-state index is 13.0. The van der Waals surface area contributed by atoms with Crippen LogP contribution in [0.2, 0.25) is 0 Å². The van der Waals surface area contributed by atoms with Gasteiger partial charge in [-0.3, -0.25) is 9.78 Å². The molecule has 0 bridgehead atoms. The van der Waals surface area contributed by atoms with Crippen LogP contribution >= 0.6 is 0 Å². The van der Waals surface area contributed by atoms with Gasteiger partial charge in [0.05, 0.1) is 11.2 Å². The summed E-state index contributed by atoms with van der Waals surface area (Å²) in [7, 11) is 0. The molecule has 0 atom stereocenters. The second-order valence-electron chi connectivity index (χ2n) is 8.58. The van der Waals surface area contributed by atoms with Gasteiger partial charge in [-0.2, -0.15) is 5.10 Å². The monoisotopic (exact) mass is 350 g/mol. The molecule has 3 aromatic rings. The quantitative estimate of drug-likeness (QED) is 0.726. The number of nitrogens with one attached hydrogen (secondary N) is 1. The van der Waals surface area contributed by atoms with E-state index in [1.54, 1.807) is 6.20 Å². The van der Waals surface area contributed by atoms with Gasteiger partial charge in [-0.25, -0.2) is 4.68 Å². The van der Waals surface area contributed by atoms with Crippen molar-refractivity contribution in [3.05, 3.63) is 54.0 Å². The zero-order valence-corrected chi connectivity index (χ0v) is 16.3. The van der Waals surface area contributed by atoms with E-state index in [1.807, 2.05) is 41.1 Å². The van der Waals surface area contributed by atoms with Gasteiger partial charge in [-0.15, -0.1) is 0 Å². The fraction of sp³-hybridized carbons (Fsp3) is 0.381. The van der Waals surface area contributed by atoms with Crippen molar-refractivity contribution in [2.24, 2.45) is 0 Å². The first kappa shape index (κ1) is 18.1. The Morgan fingerprint density at radius 1 is 1.04 bits per heavy atom. The molecule has 0 fully saturated rings. The summed E-state index contributed by atoms with van der Waals surface area (Å²) in [6.45, 7) is 12.5. The van der Waals surface area contributed by atoms with Crippen LogP contribution in [0.4, 0.5) is 5.82 Å². The van der Waals surface area contributed by atoms with Gasteiger partial charge in [-0.1, -0.05) is 45.0 Å². The molecule has 0 spiro atoms. The van der Waals surface area contributed by atoms with Crippen LogP contribution in [-0.4, -0.2) is 20.7 Å². The molecule has 136 valence electrons. The highest BCUT2D eigenvalue weighted by Crippen LogP contribution is 2.28. The highest BCUT2D eigenvalue weighted by atomic mass is 16.2. The fourth-order valence-electron chi connectivity index (χ4n) is 2.82. The van der Waals surface area contributed by atoms with Crippen molar-refractivity contribution in [3.8, 4) is 0 Å². The van der Waals surface area contributed by atoms with Gasteiger partial charge in [0.2, 0.25) is 0 Å². The molecule has 26 heavy (non-hydrogen) atoms. The number of rotatable bonds is 2. The van der Waals surface area contributed by atoms with Crippen molar-refractivity contribution in [1.29, 1.82) is 0 Å². The highest BCUT2D eigenvalue weighted by molar-refractivity contribution is 6.11. The summed E-state index contributed by atoms with van der Waals surface area (Å²) in [6, 6.07) is 11.6. The molecule has 2 aromatic heterocycles. The second-order valence-corrected chi connectivity index (χ2v) is 8.58. The minimum absolute atomic E-state index is 0.104. The summed E-state index contributed by atoms with van der Waals surface area (Å²) < 4.78 is 1.87. The molecule has 1 aromatic carbocycles. The topological polar surface area (TPSA) is 59.8 Å². The lowest BCUT2D eigenvalue weighted by Gasteiger charge is -2.23. The van der Waals surface area contributed by atoms with Crippen molar-refractivity contribution in [2.75, 3.05) is 5.32 Å². The van der Waals surface area contributed by atoms with Crippen LogP contribution in [0, 0.1) is 0 Å². The first-order chi connectivity index (χ1) is 12.1. The highest BCUT2D eigenvalue weighted by Gasteiger charge is 2.26. The Bertz CT molecular complexity index is 953.